The number of amides is 1. The van der Waals surface area contributed by atoms with E-state index in [4.69, 9.17) is 9.15 Å². The molecular formula is C27H23NO5S. The molecule has 6 nitrogen and oxygen atoms in total. The van der Waals surface area contributed by atoms with Crippen LogP contribution in [0.1, 0.15) is 36.3 Å². The Morgan fingerprint density at radius 2 is 1.71 bits per heavy atom. The number of hydrogen-bond acceptors (Lipinski definition) is 5. The number of carbonyl (C=O) groups excluding carboxylic acids is 1. The molecule has 1 saturated carbocycles. The van der Waals surface area contributed by atoms with Gasteiger partial charge in [0.05, 0.1) is 12.0 Å². The molecule has 0 bridgehead atoms. The summed E-state index contributed by atoms with van der Waals surface area (Å²) in [5.74, 6) is -0.212. The summed E-state index contributed by atoms with van der Waals surface area (Å²) >= 11 is 1.52. The molecule has 1 aliphatic carbocycles. The van der Waals surface area contributed by atoms with Gasteiger partial charge in [-0.3, -0.25) is 10.1 Å². The standard InChI is InChI=1S/C27H23NO5S/c1-17(18-5-3-2-4-6-18)33-26(31)28-21-13-16-32-24(21)20-9-7-19(8-10-20)22-11-12-23(34-22)27(14-15-27)25(29)30/h2-13,16-17H,14-15H2,1H3,(H,28,31)(H,29,30). The van der Waals surface area contributed by atoms with Crippen LogP contribution in [-0.4, -0.2) is 17.2 Å². The number of carboxylic acid groups (broad SMARTS) is 1. The average Bonchev–Trinajstić information content (AvgIpc) is 3.29. The number of nitrogens with one attached hydrogen (secondary N) is 1. The molecular weight excluding hydrogens is 450 g/mol. The molecule has 34 heavy (non-hydrogen) atoms. The van der Waals surface area contributed by atoms with Crippen molar-refractivity contribution in [1.82, 2.24) is 0 Å². The first-order valence-electron chi connectivity index (χ1n) is 11.0. The molecule has 1 aliphatic rings. The maximum absolute atomic E-state index is 12.4. The maximum atomic E-state index is 12.4. The number of thiophene rings is 1. The summed E-state index contributed by atoms with van der Waals surface area (Å²) in [4.78, 5) is 26.0. The van der Waals surface area contributed by atoms with Gasteiger partial charge in [0.25, 0.3) is 0 Å². The van der Waals surface area contributed by atoms with E-state index in [2.05, 4.69) is 5.32 Å². The van der Waals surface area contributed by atoms with Crippen LogP contribution in [0.3, 0.4) is 0 Å². The number of ether oxygens (including phenoxy) is 1. The Morgan fingerprint density at radius 1 is 1.00 bits per heavy atom. The molecule has 7 heteroatoms. The third-order valence-corrected chi connectivity index (χ3v) is 7.46. The number of hydrogen-bond donors (Lipinski definition) is 2. The van der Waals surface area contributed by atoms with Crippen molar-refractivity contribution in [2.45, 2.75) is 31.3 Å². The first-order chi connectivity index (χ1) is 16.5. The minimum atomic E-state index is -0.745. The van der Waals surface area contributed by atoms with Crippen molar-refractivity contribution in [2.75, 3.05) is 5.32 Å². The summed E-state index contributed by atoms with van der Waals surface area (Å²) in [6, 6.07) is 22.9. The van der Waals surface area contributed by atoms with Gasteiger partial charge in [0.1, 0.15) is 11.5 Å². The number of aliphatic carboxylic acids is 1. The van der Waals surface area contributed by atoms with E-state index >= 15 is 0 Å². The van der Waals surface area contributed by atoms with Gasteiger partial charge in [0.2, 0.25) is 0 Å². The van der Waals surface area contributed by atoms with Gasteiger partial charge in [0, 0.05) is 21.4 Å². The molecule has 0 spiro atoms. The topological polar surface area (TPSA) is 88.8 Å². The van der Waals surface area contributed by atoms with Crippen molar-refractivity contribution < 1.29 is 23.8 Å². The molecule has 1 fully saturated rings. The molecule has 2 aromatic carbocycles. The van der Waals surface area contributed by atoms with Gasteiger partial charge >= 0.3 is 12.1 Å². The highest BCUT2D eigenvalue weighted by Crippen LogP contribution is 2.51. The van der Waals surface area contributed by atoms with E-state index in [0.717, 1.165) is 26.4 Å². The third kappa shape index (κ3) is 4.22. The number of rotatable bonds is 7. The van der Waals surface area contributed by atoms with Crippen LogP contribution in [0.4, 0.5) is 10.5 Å². The Balaban J connectivity index is 1.28. The molecule has 172 valence electrons. The lowest BCUT2D eigenvalue weighted by Gasteiger charge is -2.14. The van der Waals surface area contributed by atoms with Crippen LogP contribution in [0.25, 0.3) is 21.8 Å². The fourth-order valence-corrected chi connectivity index (χ4v) is 5.20. The van der Waals surface area contributed by atoms with Crippen molar-refractivity contribution in [3.63, 3.8) is 0 Å². The second-order valence-electron chi connectivity index (χ2n) is 8.38. The Kier molecular flexibility index (Phi) is 5.71. The van der Waals surface area contributed by atoms with Gasteiger partial charge in [0.15, 0.2) is 5.76 Å². The zero-order valence-electron chi connectivity index (χ0n) is 18.5. The van der Waals surface area contributed by atoms with Crippen LogP contribution in [0.5, 0.6) is 0 Å². The quantitative estimate of drug-likeness (QED) is 0.299. The van der Waals surface area contributed by atoms with Crippen molar-refractivity contribution in [2.24, 2.45) is 0 Å². The Hall–Kier alpha value is -3.84. The summed E-state index contributed by atoms with van der Waals surface area (Å²) in [6.07, 6.45) is 1.97. The van der Waals surface area contributed by atoms with E-state index in [1.54, 1.807) is 6.07 Å². The lowest BCUT2D eigenvalue weighted by atomic mass is 10.1. The van der Waals surface area contributed by atoms with Gasteiger partial charge in [-0.1, -0.05) is 54.6 Å². The van der Waals surface area contributed by atoms with E-state index < -0.39 is 17.5 Å². The fourth-order valence-electron chi connectivity index (χ4n) is 3.95. The summed E-state index contributed by atoms with van der Waals surface area (Å²) in [5, 5.41) is 12.3. The number of benzene rings is 2. The molecule has 1 unspecified atom stereocenters. The van der Waals surface area contributed by atoms with Crippen LogP contribution < -0.4 is 5.32 Å². The van der Waals surface area contributed by atoms with E-state index in [0.29, 0.717) is 24.3 Å². The largest absolute Gasteiger partial charge is 0.481 e. The van der Waals surface area contributed by atoms with E-state index in [9.17, 15) is 14.7 Å². The predicted molar refractivity (Wildman–Crippen MR) is 131 cm³/mol. The van der Waals surface area contributed by atoms with Crippen molar-refractivity contribution in [3.8, 4) is 21.8 Å². The third-order valence-electron chi connectivity index (χ3n) is 6.12. The molecule has 5 rings (SSSR count). The zero-order valence-corrected chi connectivity index (χ0v) is 19.3. The molecule has 1 amide bonds. The summed E-state index contributed by atoms with van der Waals surface area (Å²) < 4.78 is 11.1. The van der Waals surface area contributed by atoms with E-state index in [1.165, 1.54) is 17.6 Å². The van der Waals surface area contributed by atoms with Crippen LogP contribution in [0.15, 0.2) is 83.5 Å². The van der Waals surface area contributed by atoms with Crippen LogP contribution in [0, 0.1) is 0 Å². The zero-order chi connectivity index (χ0) is 23.7. The Labute approximate surface area is 200 Å². The van der Waals surface area contributed by atoms with Crippen LogP contribution in [0.2, 0.25) is 0 Å². The molecule has 0 saturated heterocycles. The monoisotopic (exact) mass is 473 g/mol. The lowest BCUT2D eigenvalue weighted by Crippen LogP contribution is -2.17. The summed E-state index contributed by atoms with van der Waals surface area (Å²) in [5.41, 5.74) is 2.55. The van der Waals surface area contributed by atoms with Crippen molar-refractivity contribution in [1.29, 1.82) is 0 Å². The van der Waals surface area contributed by atoms with Crippen LogP contribution >= 0.6 is 11.3 Å². The lowest BCUT2D eigenvalue weighted by molar-refractivity contribution is -0.139. The SMILES string of the molecule is CC(OC(=O)Nc1ccoc1-c1ccc(-c2ccc(C3(C(=O)O)CC3)s2)cc1)c1ccccc1. The van der Waals surface area contributed by atoms with Gasteiger partial charge in [-0.25, -0.2) is 4.79 Å². The number of furan rings is 1. The average molecular weight is 474 g/mol. The van der Waals surface area contributed by atoms with E-state index in [1.807, 2.05) is 73.7 Å². The first-order valence-corrected chi connectivity index (χ1v) is 11.8. The smallest absolute Gasteiger partial charge is 0.412 e. The molecule has 0 aliphatic heterocycles. The minimum Gasteiger partial charge on any atom is -0.481 e. The molecule has 4 aromatic rings. The molecule has 2 N–H and O–H groups in total. The highest BCUT2D eigenvalue weighted by atomic mass is 32.1. The van der Waals surface area contributed by atoms with Gasteiger partial charge in [-0.15, -0.1) is 11.3 Å². The predicted octanol–water partition coefficient (Wildman–Crippen LogP) is 7.10. The normalized spacial score (nSPS) is 14.9. The fraction of sp³-hybridized carbons (Fsp3) is 0.185. The second kappa shape index (κ2) is 8.83. The molecule has 2 heterocycles. The minimum absolute atomic E-state index is 0.387. The van der Waals surface area contributed by atoms with Gasteiger partial charge in [-0.2, -0.15) is 0 Å². The Bertz CT molecular complexity index is 1320. The highest BCUT2D eigenvalue weighted by Gasteiger charge is 2.52. The molecule has 2 aromatic heterocycles. The molecule has 1 atom stereocenters. The van der Waals surface area contributed by atoms with E-state index in [-0.39, 0.29) is 6.10 Å². The number of anilines is 1. The number of carbonyl (C=O) groups is 2. The van der Waals surface area contributed by atoms with Crippen molar-refractivity contribution in [3.05, 3.63) is 89.5 Å². The van der Waals surface area contributed by atoms with Crippen molar-refractivity contribution >= 4 is 29.1 Å². The first kappa shape index (κ1) is 22.0. The van der Waals surface area contributed by atoms with Gasteiger partial charge < -0.3 is 14.3 Å². The summed E-state index contributed by atoms with van der Waals surface area (Å²) in [6.45, 7) is 1.82. The summed E-state index contributed by atoms with van der Waals surface area (Å²) in [7, 11) is 0. The maximum Gasteiger partial charge on any atom is 0.412 e. The van der Waals surface area contributed by atoms with Crippen LogP contribution in [-0.2, 0) is 14.9 Å². The molecule has 0 radical (unpaired) electrons. The second-order valence-corrected chi connectivity index (χ2v) is 9.46. The number of carboxylic acids is 1. The highest BCUT2D eigenvalue weighted by molar-refractivity contribution is 7.15. The Morgan fingerprint density at radius 3 is 2.38 bits per heavy atom. The van der Waals surface area contributed by atoms with Gasteiger partial charge in [-0.05, 0) is 43.0 Å².